The van der Waals surface area contributed by atoms with Gasteiger partial charge in [-0.25, -0.2) is 15.0 Å². The first-order valence-corrected chi connectivity index (χ1v) is 9.84. The van der Waals surface area contributed by atoms with Gasteiger partial charge in [-0.2, -0.15) is 5.26 Å². The van der Waals surface area contributed by atoms with Gasteiger partial charge in [-0.1, -0.05) is 12.1 Å². The molecule has 0 radical (unpaired) electrons. The number of hydrogen-bond acceptors (Lipinski definition) is 7. The number of benzene rings is 1. The lowest BCUT2D eigenvalue weighted by molar-refractivity contribution is 0.282. The predicted molar refractivity (Wildman–Crippen MR) is 120 cm³/mol. The molecule has 8 heteroatoms. The standard InChI is InChI=1S/C24H17N7O/c25-12-16-13-27-11-9-18(16)20-7-8-21-24(29-20)31(17-5-3-15(14-32)4-6-17)23(30-21)19-2-1-10-28-22(19)26/h1-11,13,32H,14H2,(H2,26,28). The molecule has 0 saturated heterocycles. The highest BCUT2D eigenvalue weighted by atomic mass is 16.3. The summed E-state index contributed by atoms with van der Waals surface area (Å²) in [7, 11) is 0. The van der Waals surface area contributed by atoms with Crippen LogP contribution in [0.25, 0.3) is 39.5 Å². The summed E-state index contributed by atoms with van der Waals surface area (Å²) >= 11 is 0. The first-order valence-electron chi connectivity index (χ1n) is 9.84. The molecule has 0 spiro atoms. The molecule has 0 aliphatic carbocycles. The van der Waals surface area contributed by atoms with Crippen LogP contribution in [-0.2, 0) is 6.61 Å². The predicted octanol–water partition coefficient (Wildman–Crippen LogP) is 3.49. The molecule has 0 fully saturated rings. The number of imidazole rings is 1. The Balaban J connectivity index is 1.80. The van der Waals surface area contributed by atoms with Crippen molar-refractivity contribution in [3.8, 4) is 34.4 Å². The van der Waals surface area contributed by atoms with Gasteiger partial charge in [0.2, 0.25) is 0 Å². The zero-order chi connectivity index (χ0) is 22.1. The SMILES string of the molecule is N#Cc1cnccc1-c1ccc2nc(-c3cccnc3N)n(-c3ccc(CO)cc3)c2n1. The number of nitrogens with zero attached hydrogens (tertiary/aromatic N) is 6. The summed E-state index contributed by atoms with van der Waals surface area (Å²) in [5.74, 6) is 0.958. The van der Waals surface area contributed by atoms with E-state index in [4.69, 9.17) is 15.7 Å². The average Bonchev–Trinajstić information content (AvgIpc) is 3.22. The van der Waals surface area contributed by atoms with E-state index in [2.05, 4.69) is 16.0 Å². The molecule has 0 aliphatic rings. The van der Waals surface area contributed by atoms with Gasteiger partial charge >= 0.3 is 0 Å². The van der Waals surface area contributed by atoms with Crippen molar-refractivity contribution in [2.45, 2.75) is 6.61 Å². The minimum Gasteiger partial charge on any atom is -0.392 e. The first-order chi connectivity index (χ1) is 15.7. The Kier molecular flexibility index (Phi) is 4.78. The first kappa shape index (κ1) is 19.4. The van der Waals surface area contributed by atoms with Crippen LogP contribution >= 0.6 is 0 Å². The highest BCUT2D eigenvalue weighted by Crippen LogP contribution is 2.32. The van der Waals surface area contributed by atoms with Crippen molar-refractivity contribution in [1.29, 1.82) is 5.26 Å². The third kappa shape index (κ3) is 3.23. The van der Waals surface area contributed by atoms with Crippen LogP contribution < -0.4 is 5.73 Å². The van der Waals surface area contributed by atoms with E-state index in [0.29, 0.717) is 45.2 Å². The number of nitriles is 1. The van der Waals surface area contributed by atoms with Gasteiger partial charge in [0, 0.05) is 29.8 Å². The van der Waals surface area contributed by atoms with Crippen LogP contribution in [0.3, 0.4) is 0 Å². The van der Waals surface area contributed by atoms with Gasteiger partial charge in [-0.05, 0) is 48.0 Å². The number of aromatic nitrogens is 5. The highest BCUT2D eigenvalue weighted by Gasteiger charge is 2.19. The lowest BCUT2D eigenvalue weighted by atomic mass is 10.1. The van der Waals surface area contributed by atoms with Crippen LogP contribution in [0.1, 0.15) is 11.1 Å². The van der Waals surface area contributed by atoms with Crippen molar-refractivity contribution in [1.82, 2.24) is 24.5 Å². The quantitative estimate of drug-likeness (QED) is 0.456. The third-order valence-electron chi connectivity index (χ3n) is 5.18. The van der Waals surface area contributed by atoms with Gasteiger partial charge < -0.3 is 10.8 Å². The smallest absolute Gasteiger partial charge is 0.165 e. The molecule has 32 heavy (non-hydrogen) atoms. The van der Waals surface area contributed by atoms with Crippen LogP contribution in [0.2, 0.25) is 0 Å². The maximum atomic E-state index is 9.48. The lowest BCUT2D eigenvalue weighted by Crippen LogP contribution is -2.02. The number of pyridine rings is 3. The Labute approximate surface area is 183 Å². The van der Waals surface area contributed by atoms with Crippen LogP contribution in [0.15, 0.2) is 73.2 Å². The molecule has 3 N–H and O–H groups in total. The van der Waals surface area contributed by atoms with Crippen molar-refractivity contribution in [3.05, 3.63) is 84.3 Å². The molecule has 4 aromatic heterocycles. The number of aliphatic hydroxyl groups is 1. The topological polar surface area (TPSA) is 127 Å². The average molecular weight is 419 g/mol. The third-order valence-corrected chi connectivity index (χ3v) is 5.18. The van der Waals surface area contributed by atoms with E-state index in [9.17, 15) is 10.4 Å². The zero-order valence-electron chi connectivity index (χ0n) is 16.8. The molecule has 4 heterocycles. The summed E-state index contributed by atoms with van der Waals surface area (Å²) in [6.07, 6.45) is 4.79. The monoisotopic (exact) mass is 419 g/mol. The second kappa shape index (κ2) is 7.91. The van der Waals surface area contributed by atoms with Crippen LogP contribution in [0.5, 0.6) is 0 Å². The molecule has 0 bridgehead atoms. The summed E-state index contributed by atoms with van der Waals surface area (Å²) in [6.45, 7) is -0.0469. The zero-order valence-corrected chi connectivity index (χ0v) is 16.8. The lowest BCUT2D eigenvalue weighted by Gasteiger charge is -2.11. The fraction of sp³-hybridized carbons (Fsp3) is 0.0417. The molecular weight excluding hydrogens is 402 g/mol. The minimum absolute atomic E-state index is 0.0469. The van der Waals surface area contributed by atoms with E-state index >= 15 is 0 Å². The Morgan fingerprint density at radius 2 is 1.81 bits per heavy atom. The van der Waals surface area contributed by atoms with E-state index in [1.165, 1.54) is 6.20 Å². The summed E-state index contributed by atoms with van der Waals surface area (Å²) in [6, 6.07) is 18.8. The highest BCUT2D eigenvalue weighted by molar-refractivity contribution is 5.85. The van der Waals surface area contributed by atoms with Gasteiger partial charge in [0.1, 0.15) is 17.4 Å². The summed E-state index contributed by atoms with van der Waals surface area (Å²) in [4.78, 5) is 17.9. The van der Waals surface area contributed by atoms with Crippen LogP contribution in [-0.4, -0.2) is 29.6 Å². The number of anilines is 1. The van der Waals surface area contributed by atoms with Crippen molar-refractivity contribution >= 4 is 17.0 Å². The van der Waals surface area contributed by atoms with E-state index < -0.39 is 0 Å². The van der Waals surface area contributed by atoms with Gasteiger partial charge in [0.25, 0.3) is 0 Å². The van der Waals surface area contributed by atoms with E-state index in [0.717, 1.165) is 11.3 Å². The Hall–Kier alpha value is -4.61. The van der Waals surface area contributed by atoms with E-state index in [1.807, 2.05) is 47.0 Å². The summed E-state index contributed by atoms with van der Waals surface area (Å²) in [5, 5.41) is 18.9. The summed E-state index contributed by atoms with van der Waals surface area (Å²) in [5.41, 5.74) is 11.5. The van der Waals surface area contributed by atoms with Crippen LogP contribution in [0.4, 0.5) is 5.82 Å². The number of nitrogen functional groups attached to an aromatic ring is 1. The van der Waals surface area contributed by atoms with Gasteiger partial charge in [-0.3, -0.25) is 9.55 Å². The van der Waals surface area contributed by atoms with Crippen molar-refractivity contribution < 1.29 is 5.11 Å². The van der Waals surface area contributed by atoms with E-state index in [1.54, 1.807) is 24.5 Å². The van der Waals surface area contributed by atoms with Gasteiger partial charge in [0.05, 0.1) is 23.4 Å². The van der Waals surface area contributed by atoms with Crippen molar-refractivity contribution in [2.75, 3.05) is 5.73 Å². The second-order valence-electron chi connectivity index (χ2n) is 7.10. The Bertz CT molecular complexity index is 1480. The van der Waals surface area contributed by atoms with Crippen LogP contribution in [0, 0.1) is 11.3 Å². The fourth-order valence-corrected chi connectivity index (χ4v) is 3.60. The normalized spacial score (nSPS) is 10.9. The minimum atomic E-state index is -0.0469. The van der Waals surface area contributed by atoms with Gasteiger partial charge in [0.15, 0.2) is 11.5 Å². The number of hydrogen-bond donors (Lipinski definition) is 2. The molecule has 0 amide bonds. The van der Waals surface area contributed by atoms with Crippen molar-refractivity contribution in [3.63, 3.8) is 0 Å². The Morgan fingerprint density at radius 3 is 2.56 bits per heavy atom. The molecule has 0 aliphatic heterocycles. The van der Waals surface area contributed by atoms with Gasteiger partial charge in [-0.15, -0.1) is 0 Å². The largest absolute Gasteiger partial charge is 0.392 e. The van der Waals surface area contributed by atoms with Crippen molar-refractivity contribution in [2.24, 2.45) is 0 Å². The Morgan fingerprint density at radius 1 is 0.969 bits per heavy atom. The second-order valence-corrected chi connectivity index (χ2v) is 7.10. The summed E-state index contributed by atoms with van der Waals surface area (Å²) < 4.78 is 1.90. The molecule has 0 atom stereocenters. The number of nitrogens with two attached hydrogens (primary N) is 1. The fourth-order valence-electron chi connectivity index (χ4n) is 3.60. The molecule has 1 aromatic carbocycles. The molecule has 0 saturated carbocycles. The number of fused-ring (bicyclic) bond motifs is 1. The molecule has 5 rings (SSSR count). The molecule has 154 valence electrons. The molecular formula is C24H17N7O. The molecule has 0 unspecified atom stereocenters. The maximum absolute atomic E-state index is 9.48. The maximum Gasteiger partial charge on any atom is 0.165 e. The molecule has 8 nitrogen and oxygen atoms in total. The number of aliphatic hydroxyl groups excluding tert-OH is 1. The molecule has 5 aromatic rings. The number of rotatable bonds is 4. The van der Waals surface area contributed by atoms with E-state index in [-0.39, 0.29) is 6.61 Å².